The molecule has 1 aliphatic carbocycles. The standard InChI is InChI=1S/C11H18N2O3/c1-5(2)9-8-7(12)4-6(11(14)15-3)10(8)16-13-9/h5-8,10H,4,12H2,1-3H3/t6?,7?,8-,10?/m0/s1. The first kappa shape index (κ1) is 11.4. The van der Waals surface area contributed by atoms with Crippen molar-refractivity contribution in [2.75, 3.05) is 7.11 Å². The Hall–Kier alpha value is -1.10. The van der Waals surface area contributed by atoms with Crippen LogP contribution in [0.15, 0.2) is 5.16 Å². The molecule has 2 rings (SSSR count). The largest absolute Gasteiger partial charge is 0.469 e. The van der Waals surface area contributed by atoms with Gasteiger partial charge in [0.2, 0.25) is 0 Å². The smallest absolute Gasteiger partial charge is 0.312 e. The summed E-state index contributed by atoms with van der Waals surface area (Å²) < 4.78 is 4.76. The second-order valence-electron chi connectivity index (χ2n) is 4.80. The Balaban J connectivity index is 2.17. The topological polar surface area (TPSA) is 73.9 Å². The van der Waals surface area contributed by atoms with E-state index in [4.69, 9.17) is 15.3 Å². The van der Waals surface area contributed by atoms with Gasteiger partial charge in [-0.05, 0) is 12.3 Å². The van der Waals surface area contributed by atoms with Crippen LogP contribution in [0.4, 0.5) is 0 Å². The fourth-order valence-corrected chi connectivity index (χ4v) is 2.65. The molecule has 0 aromatic carbocycles. The summed E-state index contributed by atoms with van der Waals surface area (Å²) >= 11 is 0. The van der Waals surface area contributed by atoms with E-state index in [1.165, 1.54) is 7.11 Å². The lowest BCUT2D eigenvalue weighted by atomic mass is 9.89. The number of oxime groups is 1. The Morgan fingerprint density at radius 2 is 2.31 bits per heavy atom. The van der Waals surface area contributed by atoms with Gasteiger partial charge in [-0.2, -0.15) is 0 Å². The van der Waals surface area contributed by atoms with Crippen molar-refractivity contribution < 1.29 is 14.4 Å². The van der Waals surface area contributed by atoms with Gasteiger partial charge in [0.15, 0.2) is 6.10 Å². The van der Waals surface area contributed by atoms with Crippen molar-refractivity contribution >= 4 is 11.7 Å². The molecule has 2 aliphatic rings. The Morgan fingerprint density at radius 1 is 1.62 bits per heavy atom. The molecular formula is C11H18N2O3. The minimum absolute atomic E-state index is 0.0576. The van der Waals surface area contributed by atoms with E-state index in [2.05, 4.69) is 19.0 Å². The molecule has 0 spiro atoms. The zero-order chi connectivity index (χ0) is 11.9. The molecule has 5 nitrogen and oxygen atoms in total. The summed E-state index contributed by atoms with van der Waals surface area (Å²) in [5, 5.41) is 4.07. The summed E-state index contributed by atoms with van der Waals surface area (Å²) in [6.45, 7) is 4.12. The van der Waals surface area contributed by atoms with Gasteiger partial charge in [0.1, 0.15) is 0 Å². The van der Waals surface area contributed by atoms with Crippen LogP contribution in [0.3, 0.4) is 0 Å². The van der Waals surface area contributed by atoms with Gasteiger partial charge in [0.25, 0.3) is 0 Å². The van der Waals surface area contributed by atoms with Crippen molar-refractivity contribution in [2.45, 2.75) is 32.4 Å². The first-order valence-electron chi connectivity index (χ1n) is 5.63. The van der Waals surface area contributed by atoms with Crippen LogP contribution in [0.5, 0.6) is 0 Å². The van der Waals surface area contributed by atoms with Crippen LogP contribution in [0, 0.1) is 17.8 Å². The van der Waals surface area contributed by atoms with Crippen molar-refractivity contribution in [2.24, 2.45) is 28.6 Å². The summed E-state index contributed by atoms with van der Waals surface area (Å²) in [5.74, 6) is -0.144. The second-order valence-corrected chi connectivity index (χ2v) is 4.80. The monoisotopic (exact) mass is 226 g/mol. The molecule has 90 valence electrons. The lowest BCUT2D eigenvalue weighted by molar-refractivity contribution is -0.149. The normalized spacial score (nSPS) is 36.9. The van der Waals surface area contributed by atoms with Gasteiger partial charge in [0, 0.05) is 6.04 Å². The average molecular weight is 226 g/mol. The van der Waals surface area contributed by atoms with E-state index in [-0.39, 0.29) is 30.0 Å². The number of hydrogen-bond donors (Lipinski definition) is 1. The van der Waals surface area contributed by atoms with E-state index < -0.39 is 0 Å². The molecule has 16 heavy (non-hydrogen) atoms. The number of carbonyl (C=O) groups excluding carboxylic acids is 1. The molecule has 0 aromatic rings. The molecule has 0 amide bonds. The van der Waals surface area contributed by atoms with Gasteiger partial charge in [-0.15, -0.1) is 0 Å². The Kier molecular flexibility index (Phi) is 2.88. The van der Waals surface area contributed by atoms with Gasteiger partial charge >= 0.3 is 5.97 Å². The van der Waals surface area contributed by atoms with Crippen LogP contribution in [0.1, 0.15) is 20.3 Å². The minimum atomic E-state index is -0.273. The molecule has 0 aromatic heterocycles. The van der Waals surface area contributed by atoms with Gasteiger partial charge in [0.05, 0.1) is 24.7 Å². The highest BCUT2D eigenvalue weighted by Gasteiger charge is 2.53. The zero-order valence-corrected chi connectivity index (χ0v) is 9.84. The third-order valence-electron chi connectivity index (χ3n) is 3.45. The average Bonchev–Trinajstić information content (AvgIpc) is 2.79. The predicted molar refractivity (Wildman–Crippen MR) is 58.7 cm³/mol. The number of carbonyl (C=O) groups is 1. The molecule has 0 bridgehead atoms. The Bertz CT molecular complexity index is 327. The van der Waals surface area contributed by atoms with Crippen LogP contribution in [0.25, 0.3) is 0 Å². The summed E-state index contributed by atoms with van der Waals surface area (Å²) in [7, 11) is 1.39. The third-order valence-corrected chi connectivity index (χ3v) is 3.45. The molecule has 2 N–H and O–H groups in total. The van der Waals surface area contributed by atoms with E-state index in [0.717, 1.165) is 5.71 Å². The molecule has 1 heterocycles. The van der Waals surface area contributed by atoms with Crippen LogP contribution in [-0.2, 0) is 14.4 Å². The van der Waals surface area contributed by atoms with E-state index in [1.807, 2.05) is 0 Å². The fraction of sp³-hybridized carbons (Fsp3) is 0.818. The number of hydrogen-bond acceptors (Lipinski definition) is 5. The van der Waals surface area contributed by atoms with E-state index in [0.29, 0.717) is 12.3 Å². The number of nitrogens with zero attached hydrogens (tertiary/aromatic N) is 1. The van der Waals surface area contributed by atoms with E-state index >= 15 is 0 Å². The first-order chi connectivity index (χ1) is 7.56. The van der Waals surface area contributed by atoms with Gasteiger partial charge < -0.3 is 15.3 Å². The zero-order valence-electron chi connectivity index (χ0n) is 9.84. The SMILES string of the molecule is COC(=O)C1CC(N)[C@H]2C(C(C)C)=NOC12. The summed E-state index contributed by atoms with van der Waals surface area (Å²) in [6.07, 6.45) is 0.396. The molecule has 3 unspecified atom stereocenters. The second kappa shape index (κ2) is 4.05. The maximum Gasteiger partial charge on any atom is 0.312 e. The maximum absolute atomic E-state index is 11.6. The fourth-order valence-electron chi connectivity index (χ4n) is 2.65. The summed E-state index contributed by atoms with van der Waals surface area (Å²) in [6, 6.07) is -0.0576. The van der Waals surface area contributed by atoms with Crippen LogP contribution >= 0.6 is 0 Å². The molecule has 5 heteroatoms. The number of fused-ring (bicyclic) bond motifs is 1. The Morgan fingerprint density at radius 3 is 2.88 bits per heavy atom. The molecule has 0 saturated heterocycles. The van der Waals surface area contributed by atoms with Crippen LogP contribution < -0.4 is 5.73 Å². The third kappa shape index (κ3) is 1.59. The van der Waals surface area contributed by atoms with E-state index in [9.17, 15) is 4.79 Å². The molecule has 1 aliphatic heterocycles. The van der Waals surface area contributed by atoms with Crippen LogP contribution in [0.2, 0.25) is 0 Å². The van der Waals surface area contributed by atoms with Crippen molar-refractivity contribution in [3.8, 4) is 0 Å². The molecule has 1 fully saturated rings. The lowest BCUT2D eigenvalue weighted by Gasteiger charge is -2.16. The maximum atomic E-state index is 11.6. The lowest BCUT2D eigenvalue weighted by Crippen LogP contribution is -2.36. The molecular weight excluding hydrogens is 208 g/mol. The summed E-state index contributed by atoms with van der Waals surface area (Å²) in [5.41, 5.74) is 7.04. The van der Waals surface area contributed by atoms with Crippen molar-refractivity contribution in [3.05, 3.63) is 0 Å². The minimum Gasteiger partial charge on any atom is -0.469 e. The number of rotatable bonds is 2. The molecule has 0 radical (unpaired) electrons. The highest BCUT2D eigenvalue weighted by molar-refractivity contribution is 5.92. The van der Waals surface area contributed by atoms with Gasteiger partial charge in [-0.1, -0.05) is 19.0 Å². The van der Waals surface area contributed by atoms with E-state index in [1.54, 1.807) is 0 Å². The van der Waals surface area contributed by atoms with Gasteiger partial charge in [-0.25, -0.2) is 0 Å². The molecule has 4 atom stereocenters. The number of methoxy groups -OCH3 is 1. The van der Waals surface area contributed by atoms with Crippen molar-refractivity contribution in [1.82, 2.24) is 0 Å². The van der Waals surface area contributed by atoms with Gasteiger partial charge in [-0.3, -0.25) is 4.79 Å². The highest BCUT2D eigenvalue weighted by Crippen LogP contribution is 2.40. The first-order valence-corrected chi connectivity index (χ1v) is 5.63. The number of esters is 1. The highest BCUT2D eigenvalue weighted by atomic mass is 16.6. The summed E-state index contributed by atoms with van der Waals surface area (Å²) in [4.78, 5) is 16.9. The number of nitrogens with two attached hydrogens (primary N) is 1. The van der Waals surface area contributed by atoms with Crippen molar-refractivity contribution in [3.63, 3.8) is 0 Å². The quantitative estimate of drug-likeness (QED) is 0.697. The van der Waals surface area contributed by atoms with Crippen molar-refractivity contribution in [1.29, 1.82) is 0 Å². The van der Waals surface area contributed by atoms with Crippen LogP contribution in [-0.4, -0.2) is 30.9 Å². The predicted octanol–water partition coefficient (Wildman–Crippen LogP) is 0.534. The number of ether oxygens (including phenoxy) is 1. The molecule has 1 saturated carbocycles. The Labute approximate surface area is 95.0 Å².